The normalized spacial score (nSPS) is 29.4. The van der Waals surface area contributed by atoms with Crippen molar-refractivity contribution in [1.29, 1.82) is 0 Å². The third-order valence-corrected chi connectivity index (χ3v) is 14.0. The zero-order valence-electron chi connectivity index (χ0n) is 40.4. The Balaban J connectivity index is 1.45. The van der Waals surface area contributed by atoms with Gasteiger partial charge in [-0.1, -0.05) is 59.3 Å². The number of carbonyl (C=O) groups is 2. The molecule has 7 rings (SSSR count). The largest absolute Gasteiger partial charge is 0.507 e. The zero-order valence-corrected chi connectivity index (χ0v) is 40.4. The summed E-state index contributed by atoms with van der Waals surface area (Å²) in [5.74, 6) is -6.91. The number of phenolic OH excluding ortho intramolecular Hbond substituents is 1. The number of carbonyl (C=O) groups excluding carboxylic acids is 2. The lowest BCUT2D eigenvalue weighted by Crippen LogP contribution is -2.46. The number of aromatic nitrogens is 1. The molecule has 9 atom stereocenters. The van der Waals surface area contributed by atoms with E-state index in [9.17, 15) is 39.6 Å². The van der Waals surface area contributed by atoms with E-state index in [4.69, 9.17) is 28.3 Å². The number of allylic oxidation sites excluding steroid dienone is 2. The maximum atomic E-state index is 14.9. The van der Waals surface area contributed by atoms with Crippen molar-refractivity contribution in [3.05, 3.63) is 79.5 Å². The maximum absolute atomic E-state index is 14.9. The Bertz CT molecular complexity index is 2880. The van der Waals surface area contributed by atoms with E-state index in [1.54, 1.807) is 45.9 Å². The summed E-state index contributed by atoms with van der Waals surface area (Å²) in [6.45, 7) is 18.7. The molecular formula is C51H64N4O13. The number of benzene rings is 3. The number of piperazine rings is 1. The lowest BCUT2D eigenvalue weighted by Gasteiger charge is -2.38. The standard InChI is InChI=1S/C51H64N4O13/c1-11-12-17-54-18-20-55(21-19-54)32-23-33(57)39-35(24-32)67-48-40(52-39)36-37-44(60)30(7)47-38(36)49(62)51(9,68-47)65-22-16-34(64-10)27(4)46(66-31(8)56)29(6)43(59)28(5)42(58)25(2)14-13-15-26(3)50(63)53-41(48)45(37)61/h13-16,22-25,27-29,34,42-43,46,58-60,62H,11-12,17-21H2,1-10H3,(H,53,63)/b14-13+,22-16+,26-15-/t25-,27+,28+,29+,34-,42-,43+,46+,51-/m0/s1. The predicted octanol–water partition coefficient (Wildman–Crippen LogP) is 5.48. The van der Waals surface area contributed by atoms with Crippen molar-refractivity contribution in [3.8, 4) is 11.5 Å². The van der Waals surface area contributed by atoms with Gasteiger partial charge in [0.2, 0.25) is 10.9 Å². The van der Waals surface area contributed by atoms with Gasteiger partial charge in [-0.3, -0.25) is 24.1 Å². The fraction of sp³-hybridized carbons (Fsp3) is 0.510. The molecule has 366 valence electrons. The summed E-state index contributed by atoms with van der Waals surface area (Å²) in [6.07, 6.45) is 5.76. The summed E-state index contributed by atoms with van der Waals surface area (Å²) in [7, 11) is 1.45. The maximum Gasteiger partial charge on any atom is 0.307 e. The van der Waals surface area contributed by atoms with Crippen molar-refractivity contribution in [2.75, 3.05) is 50.1 Å². The van der Waals surface area contributed by atoms with Gasteiger partial charge in [-0.2, -0.15) is 0 Å². The number of aliphatic hydroxyl groups is 3. The number of nitrogens with zero attached hydrogens (tertiary/aromatic N) is 3. The van der Waals surface area contributed by atoms with Gasteiger partial charge in [-0.25, -0.2) is 4.98 Å². The van der Waals surface area contributed by atoms with Gasteiger partial charge in [0.05, 0.1) is 35.2 Å². The SMILES string of the molecule is CCCCN1CCN(c2cc(=O)c3nc4c(oc3c2)c2c(=O)c3c(O)c(C)c5c(c34)=C(O)[C@@](C)(O/C=C/[C@H](OC)[C@@H](C)[C@@H](OC(C)=O)[C@H](C)[C@H](O)[C@H](C)[C@@H](O)[C@@H](C)/C=C/C=C(/C)C(=O)N2)O5)CC1. The average Bonchev–Trinajstić information content (AvgIpc) is 3.58. The molecule has 5 N–H and O–H groups in total. The van der Waals surface area contributed by atoms with E-state index in [0.29, 0.717) is 18.8 Å². The number of fused-ring (bicyclic) bond motifs is 5. The second-order valence-electron chi connectivity index (χ2n) is 18.7. The predicted molar refractivity (Wildman–Crippen MR) is 259 cm³/mol. The molecule has 68 heavy (non-hydrogen) atoms. The third-order valence-electron chi connectivity index (χ3n) is 14.0. The van der Waals surface area contributed by atoms with Crippen LogP contribution in [0.15, 0.2) is 62.3 Å². The number of nitrogens with one attached hydrogen (secondary N) is 1. The van der Waals surface area contributed by atoms with Gasteiger partial charge in [0.15, 0.2) is 22.4 Å². The van der Waals surface area contributed by atoms with Crippen molar-refractivity contribution in [3.63, 3.8) is 0 Å². The number of aliphatic hydroxyl groups excluding tert-OH is 3. The highest BCUT2D eigenvalue weighted by Gasteiger charge is 2.44. The number of rotatable bonds is 6. The minimum absolute atomic E-state index is 0.0425. The molecule has 0 spiro atoms. The molecule has 3 aromatic carbocycles. The van der Waals surface area contributed by atoms with Crippen LogP contribution in [0.5, 0.6) is 11.5 Å². The molecule has 0 unspecified atom stereocenters. The molecule has 17 heteroatoms. The zero-order chi connectivity index (χ0) is 49.5. The first-order valence-corrected chi connectivity index (χ1v) is 23.3. The molecular weight excluding hydrogens is 877 g/mol. The van der Waals surface area contributed by atoms with Crippen LogP contribution in [0.2, 0.25) is 0 Å². The van der Waals surface area contributed by atoms with Crippen LogP contribution in [0.3, 0.4) is 0 Å². The van der Waals surface area contributed by atoms with Crippen LogP contribution in [0.4, 0.5) is 11.4 Å². The summed E-state index contributed by atoms with van der Waals surface area (Å²) < 4.78 is 30.5. The Kier molecular flexibility index (Phi) is 14.6. The van der Waals surface area contributed by atoms with Crippen molar-refractivity contribution < 1.29 is 53.4 Å². The van der Waals surface area contributed by atoms with E-state index < -0.39 is 88.1 Å². The second-order valence-corrected chi connectivity index (χ2v) is 18.7. The number of aromatic hydroxyl groups is 1. The van der Waals surface area contributed by atoms with Crippen LogP contribution in [0.25, 0.3) is 38.7 Å². The van der Waals surface area contributed by atoms with Crippen molar-refractivity contribution in [2.24, 2.45) is 23.7 Å². The highest BCUT2D eigenvalue weighted by atomic mass is 16.7. The summed E-state index contributed by atoms with van der Waals surface area (Å²) in [5.41, 5.74) is -1.32. The van der Waals surface area contributed by atoms with Gasteiger partial charge in [0.25, 0.3) is 5.91 Å². The smallest absolute Gasteiger partial charge is 0.307 e. The third kappa shape index (κ3) is 9.28. The molecule has 1 saturated heterocycles. The molecule has 4 heterocycles. The quantitative estimate of drug-likeness (QED) is 0.0915. The van der Waals surface area contributed by atoms with Crippen LogP contribution in [-0.4, -0.2) is 112 Å². The summed E-state index contributed by atoms with van der Waals surface area (Å²) in [6, 6.07) is 3.16. The minimum Gasteiger partial charge on any atom is -0.507 e. The number of ether oxygens (including phenoxy) is 4. The Morgan fingerprint density at radius 3 is 2.32 bits per heavy atom. The van der Waals surface area contributed by atoms with Crippen molar-refractivity contribution >= 4 is 62.0 Å². The summed E-state index contributed by atoms with van der Waals surface area (Å²) in [4.78, 5) is 64.7. The lowest BCUT2D eigenvalue weighted by atomic mass is 9.78. The highest BCUT2D eigenvalue weighted by molar-refractivity contribution is 6.16. The summed E-state index contributed by atoms with van der Waals surface area (Å²) in [5, 5.41) is 49.3. The van der Waals surface area contributed by atoms with E-state index >= 15 is 0 Å². The Hall–Kier alpha value is -6.01. The molecule has 5 bridgehead atoms. The monoisotopic (exact) mass is 940 g/mol. The topological polar surface area (TPSA) is 231 Å². The molecule has 3 aliphatic rings. The molecule has 0 aliphatic carbocycles. The second kappa shape index (κ2) is 19.9. The van der Waals surface area contributed by atoms with Gasteiger partial charge < -0.3 is 54.0 Å². The minimum atomic E-state index is -1.98. The van der Waals surface area contributed by atoms with Crippen LogP contribution >= 0.6 is 0 Å². The fourth-order valence-corrected chi connectivity index (χ4v) is 9.67. The number of unbranched alkanes of at least 4 members (excludes halogenated alkanes) is 1. The average molecular weight is 941 g/mol. The molecule has 4 aromatic rings. The molecule has 3 aliphatic heterocycles. The van der Waals surface area contributed by atoms with E-state index in [-0.39, 0.29) is 60.8 Å². The number of phenols is 1. The van der Waals surface area contributed by atoms with Crippen molar-refractivity contribution in [2.45, 2.75) is 105 Å². The van der Waals surface area contributed by atoms with Crippen LogP contribution < -0.4 is 31.0 Å². The number of esters is 1. The lowest BCUT2D eigenvalue weighted by molar-refractivity contribution is -0.160. The Morgan fingerprint density at radius 1 is 0.956 bits per heavy atom. The van der Waals surface area contributed by atoms with Gasteiger partial charge in [0, 0.05) is 105 Å². The van der Waals surface area contributed by atoms with Gasteiger partial charge in [-0.05, 0) is 32.9 Å². The molecule has 1 aromatic heterocycles. The molecule has 0 saturated carbocycles. The molecule has 1 amide bonds. The van der Waals surface area contributed by atoms with E-state index in [0.717, 1.165) is 32.5 Å². The van der Waals surface area contributed by atoms with E-state index in [1.807, 2.05) is 0 Å². The molecule has 17 nitrogen and oxygen atoms in total. The van der Waals surface area contributed by atoms with E-state index in [1.165, 1.54) is 59.3 Å². The van der Waals surface area contributed by atoms with Crippen LogP contribution in [0.1, 0.15) is 73.8 Å². The number of methoxy groups -OCH3 is 1. The van der Waals surface area contributed by atoms with E-state index in [2.05, 4.69) is 22.0 Å². The van der Waals surface area contributed by atoms with Gasteiger partial charge in [-0.15, -0.1) is 0 Å². The number of amides is 1. The van der Waals surface area contributed by atoms with Crippen LogP contribution in [0, 0.1) is 30.6 Å². The highest BCUT2D eigenvalue weighted by Crippen LogP contribution is 2.42. The van der Waals surface area contributed by atoms with Crippen molar-refractivity contribution in [1.82, 2.24) is 9.88 Å². The number of hydrogen-bond donors (Lipinski definition) is 5. The summed E-state index contributed by atoms with van der Waals surface area (Å²) >= 11 is 0. The molecule has 0 radical (unpaired) electrons. The first kappa shape index (κ1) is 49.9. The number of hydrogen-bond acceptors (Lipinski definition) is 16. The number of anilines is 2. The van der Waals surface area contributed by atoms with Crippen LogP contribution in [-0.2, 0) is 23.8 Å². The molecule has 1 fully saturated rings. The fourth-order valence-electron chi connectivity index (χ4n) is 9.67. The Labute approximate surface area is 394 Å². The van der Waals surface area contributed by atoms with Gasteiger partial charge >= 0.3 is 11.8 Å². The first-order valence-electron chi connectivity index (χ1n) is 23.3. The van der Waals surface area contributed by atoms with Gasteiger partial charge in [0.1, 0.15) is 28.8 Å². The first-order chi connectivity index (χ1) is 32.2. The Morgan fingerprint density at radius 2 is 1.66 bits per heavy atom.